The van der Waals surface area contributed by atoms with Crippen molar-refractivity contribution in [2.75, 3.05) is 0 Å². The van der Waals surface area contributed by atoms with Crippen LogP contribution in [0.3, 0.4) is 0 Å². The monoisotopic (exact) mass is 299 g/mol. The molecule has 0 amide bonds. The molecule has 3 aromatic carbocycles. The van der Waals surface area contributed by atoms with Crippen molar-refractivity contribution in [1.82, 2.24) is 0 Å². The average molecular weight is 300 g/mol. The Hall–Kier alpha value is -1.87. The Labute approximate surface area is 112 Å². The lowest BCUT2D eigenvalue weighted by Crippen LogP contribution is -2.01. The van der Waals surface area contributed by atoms with Crippen LogP contribution in [0.4, 0.5) is 0 Å². The van der Waals surface area contributed by atoms with Crippen molar-refractivity contribution in [3.05, 3.63) is 64.4 Å². The maximum Gasteiger partial charge on any atom is 0.118 e. The molecule has 0 bridgehead atoms. The van der Waals surface area contributed by atoms with E-state index in [0.29, 0.717) is 5.36 Å². The minimum absolute atomic E-state index is 0.604. The van der Waals surface area contributed by atoms with Gasteiger partial charge in [-0.05, 0) is 22.9 Å². The molecular weight excluding hydrogens is 290 g/mol. The Morgan fingerprint density at radius 1 is 0.833 bits per heavy atom. The van der Waals surface area contributed by atoms with E-state index in [4.69, 9.17) is 0 Å². The number of hydrogen-bond acceptors (Lipinski definition) is 2. The second-order valence-corrected chi connectivity index (χ2v) is 5.02. The summed E-state index contributed by atoms with van der Waals surface area (Å²) in [6, 6.07) is 17.9. The molecule has 0 radical (unpaired) electrons. The van der Waals surface area contributed by atoms with Gasteiger partial charge in [-0.2, -0.15) is 0 Å². The number of nitrogens with zero attached hydrogens (tertiary/aromatic N) is 1. The third kappa shape index (κ3) is 1.77. The molecule has 2 nitrogen and oxygen atoms in total. The molecule has 0 atom stereocenters. The van der Waals surface area contributed by atoms with E-state index in [9.17, 15) is 5.21 Å². The molecule has 0 aromatic heterocycles. The van der Waals surface area contributed by atoms with Gasteiger partial charge in [0.15, 0.2) is 0 Å². The van der Waals surface area contributed by atoms with Crippen molar-refractivity contribution in [1.29, 1.82) is 0 Å². The molecule has 0 aliphatic rings. The first-order valence-corrected chi connectivity index (χ1v) is 6.38. The standard InChI is InChI=1S/C15H10BrNO/c16-12-8-7-11-6-5-10-3-1-2-4-13(10)15(17-18)14(11)9-12/h1-9,18H/b17-15+. The minimum Gasteiger partial charge on any atom is -0.410 e. The molecule has 0 heterocycles. The van der Waals surface area contributed by atoms with Crippen LogP contribution in [0.25, 0.3) is 21.5 Å². The van der Waals surface area contributed by atoms with E-state index in [2.05, 4.69) is 21.1 Å². The Balaban J connectivity index is 2.69. The molecule has 88 valence electrons. The molecule has 0 unspecified atom stereocenters. The number of rotatable bonds is 0. The van der Waals surface area contributed by atoms with Crippen molar-refractivity contribution in [3.63, 3.8) is 0 Å². The van der Waals surface area contributed by atoms with Gasteiger partial charge >= 0.3 is 0 Å². The summed E-state index contributed by atoms with van der Waals surface area (Å²) in [7, 11) is 0. The van der Waals surface area contributed by atoms with E-state index >= 15 is 0 Å². The van der Waals surface area contributed by atoms with E-state index in [0.717, 1.165) is 26.0 Å². The Bertz CT molecular complexity index is 812. The fourth-order valence-electron chi connectivity index (χ4n) is 2.17. The SMILES string of the molecule is O/N=c1\c2ccccc2ccc2ccc(Br)cc12. The third-order valence-corrected chi connectivity index (χ3v) is 3.52. The van der Waals surface area contributed by atoms with Crippen LogP contribution < -0.4 is 5.36 Å². The molecule has 3 aromatic rings. The van der Waals surface area contributed by atoms with E-state index in [1.807, 2.05) is 54.6 Å². The zero-order chi connectivity index (χ0) is 12.5. The maximum absolute atomic E-state index is 9.35. The lowest BCUT2D eigenvalue weighted by atomic mass is 10.1. The fourth-order valence-corrected chi connectivity index (χ4v) is 2.53. The summed E-state index contributed by atoms with van der Waals surface area (Å²) in [5.41, 5.74) is 0. The summed E-state index contributed by atoms with van der Waals surface area (Å²) in [6.45, 7) is 0. The maximum atomic E-state index is 9.35. The normalized spacial score (nSPS) is 12.2. The smallest absolute Gasteiger partial charge is 0.118 e. The second-order valence-electron chi connectivity index (χ2n) is 4.10. The number of hydrogen-bond donors (Lipinski definition) is 1. The molecule has 3 heteroatoms. The molecule has 0 saturated heterocycles. The lowest BCUT2D eigenvalue weighted by Gasteiger charge is -1.95. The first-order valence-electron chi connectivity index (χ1n) is 5.59. The zero-order valence-corrected chi connectivity index (χ0v) is 11.1. The molecule has 0 fully saturated rings. The number of benzene rings is 2. The molecular formula is C15H10BrNO. The largest absolute Gasteiger partial charge is 0.410 e. The van der Waals surface area contributed by atoms with Crippen LogP contribution >= 0.6 is 15.9 Å². The first kappa shape index (κ1) is 11.2. The van der Waals surface area contributed by atoms with Gasteiger partial charge in [0.05, 0.1) is 0 Å². The Morgan fingerprint density at radius 3 is 2.28 bits per heavy atom. The minimum atomic E-state index is 0.604. The van der Waals surface area contributed by atoms with Gasteiger partial charge in [0, 0.05) is 15.2 Å². The van der Waals surface area contributed by atoms with Gasteiger partial charge in [0.1, 0.15) is 5.36 Å². The predicted octanol–water partition coefficient (Wildman–Crippen LogP) is 4.05. The summed E-state index contributed by atoms with van der Waals surface area (Å²) >= 11 is 3.45. The van der Waals surface area contributed by atoms with Gasteiger partial charge in [0.2, 0.25) is 0 Å². The molecule has 0 aliphatic heterocycles. The summed E-state index contributed by atoms with van der Waals surface area (Å²) in [5.74, 6) is 0. The topological polar surface area (TPSA) is 32.6 Å². The van der Waals surface area contributed by atoms with Gasteiger partial charge < -0.3 is 5.21 Å². The molecule has 18 heavy (non-hydrogen) atoms. The number of fused-ring (bicyclic) bond motifs is 2. The van der Waals surface area contributed by atoms with Gasteiger partial charge in [-0.25, -0.2) is 0 Å². The van der Waals surface area contributed by atoms with Gasteiger partial charge in [-0.3, -0.25) is 0 Å². The summed E-state index contributed by atoms with van der Waals surface area (Å²) < 4.78 is 0.968. The third-order valence-electron chi connectivity index (χ3n) is 3.03. The number of halogens is 1. The highest BCUT2D eigenvalue weighted by Gasteiger charge is 2.01. The van der Waals surface area contributed by atoms with Crippen molar-refractivity contribution in [2.45, 2.75) is 0 Å². The van der Waals surface area contributed by atoms with Crippen molar-refractivity contribution >= 4 is 37.5 Å². The van der Waals surface area contributed by atoms with Gasteiger partial charge in [-0.15, -0.1) is 0 Å². The van der Waals surface area contributed by atoms with Crippen molar-refractivity contribution in [2.24, 2.45) is 5.16 Å². The Kier molecular flexibility index (Phi) is 2.76. The van der Waals surface area contributed by atoms with Crippen LogP contribution in [-0.4, -0.2) is 5.21 Å². The molecule has 1 N–H and O–H groups in total. The predicted molar refractivity (Wildman–Crippen MR) is 76.5 cm³/mol. The first-order chi connectivity index (χ1) is 8.79. The summed E-state index contributed by atoms with van der Waals surface area (Å²) in [6.07, 6.45) is 0. The van der Waals surface area contributed by atoms with E-state index in [-0.39, 0.29) is 0 Å². The lowest BCUT2D eigenvalue weighted by molar-refractivity contribution is 0.304. The quantitative estimate of drug-likeness (QED) is 0.493. The highest BCUT2D eigenvalue weighted by molar-refractivity contribution is 9.10. The summed E-state index contributed by atoms with van der Waals surface area (Å²) in [5, 5.41) is 17.4. The van der Waals surface area contributed by atoms with Gasteiger partial charge in [0.25, 0.3) is 0 Å². The average Bonchev–Trinajstić information content (AvgIpc) is 2.54. The van der Waals surface area contributed by atoms with Crippen LogP contribution in [0.5, 0.6) is 0 Å². The van der Waals surface area contributed by atoms with Crippen molar-refractivity contribution in [3.8, 4) is 0 Å². The van der Waals surface area contributed by atoms with E-state index < -0.39 is 0 Å². The molecule has 0 saturated carbocycles. The second kappa shape index (κ2) is 4.42. The fraction of sp³-hybridized carbons (Fsp3) is 0. The van der Waals surface area contributed by atoms with E-state index in [1.165, 1.54) is 0 Å². The molecule has 0 spiro atoms. The van der Waals surface area contributed by atoms with Crippen molar-refractivity contribution < 1.29 is 5.21 Å². The molecule has 0 aliphatic carbocycles. The van der Waals surface area contributed by atoms with Crippen LogP contribution in [0.2, 0.25) is 0 Å². The zero-order valence-electron chi connectivity index (χ0n) is 9.47. The highest BCUT2D eigenvalue weighted by Crippen LogP contribution is 2.19. The van der Waals surface area contributed by atoms with Crippen LogP contribution in [0.1, 0.15) is 0 Å². The van der Waals surface area contributed by atoms with Crippen LogP contribution in [0.15, 0.2) is 64.2 Å². The highest BCUT2D eigenvalue weighted by atomic mass is 79.9. The molecule has 3 rings (SSSR count). The van der Waals surface area contributed by atoms with Gasteiger partial charge in [-0.1, -0.05) is 63.6 Å². The summed E-state index contributed by atoms with van der Waals surface area (Å²) in [4.78, 5) is 0. The Morgan fingerprint density at radius 2 is 1.50 bits per heavy atom. The van der Waals surface area contributed by atoms with E-state index in [1.54, 1.807) is 0 Å². The van der Waals surface area contributed by atoms with Crippen LogP contribution in [0, 0.1) is 0 Å². The van der Waals surface area contributed by atoms with Crippen LogP contribution in [-0.2, 0) is 0 Å².